The maximum absolute atomic E-state index is 6.32. The second-order valence-corrected chi connectivity index (χ2v) is 5.87. The topological polar surface area (TPSA) is 44.5 Å². The van der Waals surface area contributed by atoms with Crippen LogP contribution in [0.5, 0.6) is 11.5 Å². The Bertz CT molecular complexity index is 648. The molecule has 1 aliphatic rings. The van der Waals surface area contributed by atoms with Gasteiger partial charge in [0.25, 0.3) is 0 Å². The van der Waals surface area contributed by atoms with E-state index in [1.807, 2.05) is 30.3 Å². The minimum Gasteiger partial charge on any atom is -0.486 e. The van der Waals surface area contributed by atoms with E-state index in [1.54, 1.807) is 6.07 Å². The molecule has 0 saturated heterocycles. The standard InChI is InChI=1S/C15H13BrClNO2/c16-10-3-1-2-9(6-10)15(18)11-7-13-14(8-12(11)17)20-5-4-19-13/h1-3,6-8,15H,4-5,18H2. The lowest BCUT2D eigenvalue weighted by Crippen LogP contribution is -2.17. The van der Waals surface area contributed by atoms with E-state index in [0.717, 1.165) is 15.6 Å². The summed E-state index contributed by atoms with van der Waals surface area (Å²) in [5.41, 5.74) is 8.13. The van der Waals surface area contributed by atoms with Crippen molar-refractivity contribution in [3.63, 3.8) is 0 Å². The Hall–Kier alpha value is -1.23. The van der Waals surface area contributed by atoms with Gasteiger partial charge in [-0.15, -0.1) is 0 Å². The van der Waals surface area contributed by atoms with Crippen LogP contribution in [0.3, 0.4) is 0 Å². The predicted molar refractivity (Wildman–Crippen MR) is 82.6 cm³/mol. The predicted octanol–water partition coefficient (Wildman–Crippen LogP) is 3.92. The van der Waals surface area contributed by atoms with Crippen LogP contribution in [0.25, 0.3) is 0 Å². The number of fused-ring (bicyclic) bond motifs is 1. The van der Waals surface area contributed by atoms with Crippen molar-refractivity contribution in [2.24, 2.45) is 5.73 Å². The maximum Gasteiger partial charge on any atom is 0.162 e. The Labute approximate surface area is 130 Å². The van der Waals surface area contributed by atoms with Crippen molar-refractivity contribution in [3.05, 3.63) is 57.0 Å². The summed E-state index contributed by atoms with van der Waals surface area (Å²) in [6.07, 6.45) is 0. The molecule has 5 heteroatoms. The average Bonchev–Trinajstić information content (AvgIpc) is 2.46. The van der Waals surface area contributed by atoms with Crippen LogP contribution in [0, 0.1) is 0 Å². The van der Waals surface area contributed by atoms with Crippen molar-refractivity contribution >= 4 is 27.5 Å². The second kappa shape index (κ2) is 5.64. The fourth-order valence-corrected chi connectivity index (χ4v) is 2.89. The first-order valence-electron chi connectivity index (χ1n) is 6.25. The molecule has 0 fully saturated rings. The number of ether oxygens (including phenoxy) is 2. The monoisotopic (exact) mass is 353 g/mol. The SMILES string of the molecule is NC(c1cccc(Br)c1)c1cc2c(cc1Cl)OCCO2. The molecule has 0 aromatic heterocycles. The molecule has 0 radical (unpaired) electrons. The summed E-state index contributed by atoms with van der Waals surface area (Å²) in [7, 11) is 0. The van der Waals surface area contributed by atoms with Gasteiger partial charge in [0.05, 0.1) is 6.04 Å². The van der Waals surface area contributed by atoms with Gasteiger partial charge in [0.2, 0.25) is 0 Å². The Morgan fingerprint density at radius 3 is 2.50 bits per heavy atom. The third kappa shape index (κ3) is 2.64. The maximum atomic E-state index is 6.32. The fraction of sp³-hybridized carbons (Fsp3) is 0.200. The summed E-state index contributed by atoms with van der Waals surface area (Å²) in [5.74, 6) is 1.37. The first-order valence-corrected chi connectivity index (χ1v) is 7.42. The highest BCUT2D eigenvalue weighted by Crippen LogP contribution is 2.38. The van der Waals surface area contributed by atoms with Gasteiger partial charge in [-0.1, -0.05) is 39.7 Å². The molecule has 0 bridgehead atoms. The van der Waals surface area contributed by atoms with E-state index in [2.05, 4.69) is 15.9 Å². The minimum absolute atomic E-state index is 0.309. The van der Waals surface area contributed by atoms with Crippen LogP contribution >= 0.6 is 27.5 Å². The molecule has 20 heavy (non-hydrogen) atoms. The van der Waals surface area contributed by atoms with Gasteiger partial charge in [-0.05, 0) is 29.3 Å². The summed E-state index contributed by atoms with van der Waals surface area (Å²) in [4.78, 5) is 0. The minimum atomic E-state index is -0.309. The number of rotatable bonds is 2. The highest BCUT2D eigenvalue weighted by molar-refractivity contribution is 9.10. The molecule has 3 rings (SSSR count). The summed E-state index contributed by atoms with van der Waals surface area (Å²) < 4.78 is 12.1. The van der Waals surface area contributed by atoms with Crippen LogP contribution < -0.4 is 15.2 Å². The van der Waals surface area contributed by atoms with Crippen molar-refractivity contribution < 1.29 is 9.47 Å². The zero-order valence-corrected chi connectivity index (χ0v) is 12.9. The van der Waals surface area contributed by atoms with Crippen molar-refractivity contribution in [3.8, 4) is 11.5 Å². The molecule has 1 heterocycles. The molecule has 0 aliphatic carbocycles. The van der Waals surface area contributed by atoms with Crippen molar-refractivity contribution in [2.75, 3.05) is 13.2 Å². The van der Waals surface area contributed by atoms with Gasteiger partial charge < -0.3 is 15.2 Å². The zero-order chi connectivity index (χ0) is 14.1. The van der Waals surface area contributed by atoms with Crippen LogP contribution in [-0.2, 0) is 0 Å². The van der Waals surface area contributed by atoms with E-state index in [0.29, 0.717) is 29.7 Å². The Kier molecular flexibility index (Phi) is 3.87. The normalized spacial score (nSPS) is 14.9. The first kappa shape index (κ1) is 13.7. The number of nitrogens with two attached hydrogens (primary N) is 1. The smallest absolute Gasteiger partial charge is 0.162 e. The molecule has 0 amide bonds. The summed E-state index contributed by atoms with van der Waals surface area (Å²) >= 11 is 9.77. The highest BCUT2D eigenvalue weighted by Gasteiger charge is 2.19. The Balaban J connectivity index is 2.01. The van der Waals surface area contributed by atoms with E-state index in [4.69, 9.17) is 26.8 Å². The average molecular weight is 355 g/mol. The van der Waals surface area contributed by atoms with Gasteiger partial charge in [0.15, 0.2) is 11.5 Å². The van der Waals surface area contributed by atoms with Crippen LogP contribution in [0.1, 0.15) is 17.2 Å². The molecule has 2 aromatic carbocycles. The molecule has 104 valence electrons. The van der Waals surface area contributed by atoms with Crippen LogP contribution in [-0.4, -0.2) is 13.2 Å². The Morgan fingerprint density at radius 1 is 1.10 bits per heavy atom. The van der Waals surface area contributed by atoms with Gasteiger partial charge in [-0.25, -0.2) is 0 Å². The number of hydrogen-bond donors (Lipinski definition) is 1. The van der Waals surface area contributed by atoms with Gasteiger partial charge in [0.1, 0.15) is 13.2 Å². The van der Waals surface area contributed by atoms with Crippen molar-refractivity contribution in [1.29, 1.82) is 0 Å². The summed E-state index contributed by atoms with van der Waals surface area (Å²) in [5, 5.41) is 0.585. The number of hydrogen-bond acceptors (Lipinski definition) is 3. The lowest BCUT2D eigenvalue weighted by Gasteiger charge is -2.22. The lowest BCUT2D eigenvalue weighted by atomic mass is 9.99. The Morgan fingerprint density at radius 2 is 1.80 bits per heavy atom. The number of halogens is 2. The van der Waals surface area contributed by atoms with E-state index in [9.17, 15) is 0 Å². The zero-order valence-electron chi connectivity index (χ0n) is 10.6. The molecule has 0 spiro atoms. The van der Waals surface area contributed by atoms with Gasteiger partial charge >= 0.3 is 0 Å². The molecule has 3 nitrogen and oxygen atoms in total. The van der Waals surface area contributed by atoms with E-state index < -0.39 is 0 Å². The molecule has 1 aliphatic heterocycles. The fourth-order valence-electron chi connectivity index (χ4n) is 2.20. The van der Waals surface area contributed by atoms with Gasteiger partial charge in [-0.2, -0.15) is 0 Å². The third-order valence-electron chi connectivity index (χ3n) is 3.20. The molecule has 2 N–H and O–H groups in total. The molecule has 0 saturated carbocycles. The second-order valence-electron chi connectivity index (χ2n) is 4.55. The molecule has 1 atom stereocenters. The van der Waals surface area contributed by atoms with Crippen LogP contribution in [0.2, 0.25) is 5.02 Å². The van der Waals surface area contributed by atoms with E-state index >= 15 is 0 Å². The van der Waals surface area contributed by atoms with Crippen molar-refractivity contribution in [2.45, 2.75) is 6.04 Å². The molecular formula is C15H13BrClNO2. The molecule has 2 aromatic rings. The lowest BCUT2D eigenvalue weighted by molar-refractivity contribution is 0.171. The van der Waals surface area contributed by atoms with E-state index in [1.165, 1.54) is 0 Å². The summed E-state index contributed by atoms with van der Waals surface area (Å²) in [6, 6.07) is 11.2. The largest absolute Gasteiger partial charge is 0.486 e. The van der Waals surface area contributed by atoms with Crippen molar-refractivity contribution in [1.82, 2.24) is 0 Å². The molecular weight excluding hydrogens is 342 g/mol. The summed E-state index contributed by atoms with van der Waals surface area (Å²) in [6.45, 7) is 1.08. The first-order chi connectivity index (χ1) is 9.65. The molecule has 1 unspecified atom stereocenters. The third-order valence-corrected chi connectivity index (χ3v) is 4.02. The van der Waals surface area contributed by atoms with E-state index in [-0.39, 0.29) is 6.04 Å². The quantitative estimate of drug-likeness (QED) is 0.889. The van der Waals surface area contributed by atoms with Gasteiger partial charge in [0, 0.05) is 15.6 Å². The van der Waals surface area contributed by atoms with Crippen LogP contribution in [0.4, 0.5) is 0 Å². The highest BCUT2D eigenvalue weighted by atomic mass is 79.9. The van der Waals surface area contributed by atoms with Crippen LogP contribution in [0.15, 0.2) is 40.9 Å². The number of benzene rings is 2. The van der Waals surface area contributed by atoms with Gasteiger partial charge in [-0.3, -0.25) is 0 Å².